The lowest BCUT2D eigenvalue weighted by Gasteiger charge is -2.10. The van der Waals surface area contributed by atoms with Crippen LogP contribution in [0, 0.1) is 0 Å². The number of aromatic nitrogens is 3. The van der Waals surface area contributed by atoms with Gasteiger partial charge in [-0.1, -0.05) is 36.4 Å². The summed E-state index contributed by atoms with van der Waals surface area (Å²) in [5, 5.41) is 12.4. The van der Waals surface area contributed by atoms with Crippen LogP contribution in [-0.2, 0) is 0 Å². The zero-order chi connectivity index (χ0) is 25.4. The first-order chi connectivity index (χ1) is 18.1. The van der Waals surface area contributed by atoms with Crippen LogP contribution in [0.3, 0.4) is 0 Å². The average molecular weight is 491 g/mol. The van der Waals surface area contributed by atoms with E-state index in [4.69, 9.17) is 18.9 Å². The molecule has 37 heavy (non-hydrogen) atoms. The number of carbonyl (C=O) groups excluding carboxylic acids is 1. The van der Waals surface area contributed by atoms with Crippen molar-refractivity contribution >= 4 is 33.5 Å². The maximum Gasteiger partial charge on any atom is 0.255 e. The minimum atomic E-state index is -0.255. The van der Waals surface area contributed by atoms with Crippen molar-refractivity contribution in [3.8, 4) is 34.2 Å². The zero-order valence-electron chi connectivity index (χ0n) is 20.1. The molecule has 0 aliphatic heterocycles. The number of amides is 1. The molecule has 0 fully saturated rings. The third kappa shape index (κ3) is 4.14. The van der Waals surface area contributed by atoms with Crippen LogP contribution in [0.25, 0.3) is 44.6 Å². The molecular formula is C29H22N4O4. The molecule has 182 valence electrons. The molecule has 0 atom stereocenters. The standard InChI is InChI=1S/C29H22N4O4/c1-35-24-12-9-20(15-26(24)36-2)28(34)31-21-10-7-17(8-11-21)27-22(16-30-33-27)29-32-23-13-18-5-3-4-6-19(18)14-25(23)37-29/h3-16H,1-2H3,(H,30,33)(H,31,34). The Balaban J connectivity index is 1.25. The van der Waals surface area contributed by atoms with E-state index in [9.17, 15) is 4.79 Å². The molecule has 1 amide bonds. The van der Waals surface area contributed by atoms with Gasteiger partial charge in [-0.25, -0.2) is 4.98 Å². The third-order valence-electron chi connectivity index (χ3n) is 6.20. The maximum absolute atomic E-state index is 12.8. The molecule has 2 N–H and O–H groups in total. The van der Waals surface area contributed by atoms with Crippen molar-refractivity contribution in [1.82, 2.24) is 15.2 Å². The quantitative estimate of drug-likeness (QED) is 0.284. The van der Waals surface area contributed by atoms with E-state index in [0.29, 0.717) is 34.2 Å². The Morgan fingerprint density at radius 3 is 2.41 bits per heavy atom. The van der Waals surface area contributed by atoms with Crippen LogP contribution < -0.4 is 14.8 Å². The second-order valence-corrected chi connectivity index (χ2v) is 8.45. The monoisotopic (exact) mass is 490 g/mol. The first kappa shape index (κ1) is 22.4. The van der Waals surface area contributed by atoms with Crippen molar-refractivity contribution in [3.05, 3.63) is 90.6 Å². The summed E-state index contributed by atoms with van der Waals surface area (Å²) in [6, 6.07) is 24.6. The molecule has 0 unspecified atom stereocenters. The molecule has 6 rings (SSSR count). The second-order valence-electron chi connectivity index (χ2n) is 8.45. The highest BCUT2D eigenvalue weighted by atomic mass is 16.5. The molecule has 0 spiro atoms. The van der Waals surface area contributed by atoms with E-state index in [1.54, 1.807) is 31.5 Å². The number of methoxy groups -OCH3 is 2. The van der Waals surface area contributed by atoms with Gasteiger partial charge >= 0.3 is 0 Å². The van der Waals surface area contributed by atoms with E-state index in [2.05, 4.69) is 21.6 Å². The molecule has 0 saturated heterocycles. The fourth-order valence-corrected chi connectivity index (χ4v) is 4.30. The van der Waals surface area contributed by atoms with E-state index in [1.165, 1.54) is 7.11 Å². The number of fused-ring (bicyclic) bond motifs is 2. The van der Waals surface area contributed by atoms with Crippen LogP contribution in [0.5, 0.6) is 11.5 Å². The summed E-state index contributed by atoms with van der Waals surface area (Å²) in [5.41, 5.74) is 5.02. The number of anilines is 1. The minimum absolute atomic E-state index is 0.255. The lowest BCUT2D eigenvalue weighted by atomic mass is 10.1. The van der Waals surface area contributed by atoms with E-state index < -0.39 is 0 Å². The summed E-state index contributed by atoms with van der Waals surface area (Å²) in [6.45, 7) is 0. The number of nitrogens with one attached hydrogen (secondary N) is 2. The van der Waals surface area contributed by atoms with E-state index in [-0.39, 0.29) is 5.91 Å². The van der Waals surface area contributed by atoms with Gasteiger partial charge in [0.05, 0.1) is 31.7 Å². The van der Waals surface area contributed by atoms with Gasteiger partial charge in [0.2, 0.25) is 5.89 Å². The molecule has 8 heteroatoms. The third-order valence-corrected chi connectivity index (χ3v) is 6.20. The van der Waals surface area contributed by atoms with Crippen LogP contribution in [-0.4, -0.2) is 35.3 Å². The van der Waals surface area contributed by atoms with Gasteiger partial charge in [0, 0.05) is 16.8 Å². The molecule has 0 aliphatic rings. The summed E-state index contributed by atoms with van der Waals surface area (Å²) < 4.78 is 16.6. The summed E-state index contributed by atoms with van der Waals surface area (Å²) >= 11 is 0. The fourth-order valence-electron chi connectivity index (χ4n) is 4.30. The van der Waals surface area contributed by atoms with E-state index in [1.807, 2.05) is 54.6 Å². The highest BCUT2D eigenvalue weighted by Crippen LogP contribution is 2.34. The molecule has 2 aromatic heterocycles. The van der Waals surface area contributed by atoms with Crippen LogP contribution >= 0.6 is 0 Å². The van der Waals surface area contributed by atoms with Crippen LogP contribution in [0.2, 0.25) is 0 Å². The van der Waals surface area contributed by atoms with Crippen molar-refractivity contribution in [2.45, 2.75) is 0 Å². The van der Waals surface area contributed by atoms with Gasteiger partial charge in [-0.05, 0) is 53.2 Å². The van der Waals surface area contributed by atoms with E-state index >= 15 is 0 Å². The highest BCUT2D eigenvalue weighted by molar-refractivity contribution is 6.04. The Kier molecular flexibility index (Phi) is 5.54. The van der Waals surface area contributed by atoms with E-state index in [0.717, 1.165) is 33.1 Å². The number of H-pyrrole nitrogens is 1. The van der Waals surface area contributed by atoms with Crippen molar-refractivity contribution in [2.24, 2.45) is 0 Å². The number of oxazole rings is 1. The Morgan fingerprint density at radius 1 is 0.892 bits per heavy atom. The predicted octanol–water partition coefficient (Wildman–Crippen LogP) is 6.31. The summed E-state index contributed by atoms with van der Waals surface area (Å²) in [5.74, 6) is 1.28. The van der Waals surface area contributed by atoms with Gasteiger partial charge in [-0.15, -0.1) is 0 Å². The highest BCUT2D eigenvalue weighted by Gasteiger charge is 2.17. The number of nitrogens with zero attached hydrogens (tertiary/aromatic N) is 2. The lowest BCUT2D eigenvalue weighted by molar-refractivity contribution is 0.102. The molecular weight excluding hydrogens is 468 g/mol. The van der Waals surface area contributed by atoms with Gasteiger partial charge in [-0.3, -0.25) is 9.89 Å². The number of rotatable bonds is 6. The molecule has 6 aromatic rings. The summed E-state index contributed by atoms with van der Waals surface area (Å²) in [6.07, 6.45) is 1.70. The molecule has 0 radical (unpaired) electrons. The number of carbonyl (C=O) groups is 1. The van der Waals surface area contributed by atoms with Gasteiger partial charge in [0.15, 0.2) is 17.1 Å². The smallest absolute Gasteiger partial charge is 0.255 e. The number of ether oxygens (including phenoxy) is 2. The number of aromatic amines is 1. The zero-order valence-corrected chi connectivity index (χ0v) is 20.1. The Bertz CT molecular complexity index is 1700. The number of hydrogen-bond donors (Lipinski definition) is 2. The van der Waals surface area contributed by atoms with Crippen LogP contribution in [0.4, 0.5) is 5.69 Å². The fraction of sp³-hybridized carbons (Fsp3) is 0.0690. The maximum atomic E-state index is 12.8. The first-order valence-corrected chi connectivity index (χ1v) is 11.6. The Labute approximate surface area is 211 Å². The van der Waals surface area contributed by atoms with Crippen molar-refractivity contribution in [3.63, 3.8) is 0 Å². The molecule has 0 bridgehead atoms. The van der Waals surface area contributed by atoms with Crippen molar-refractivity contribution < 1.29 is 18.7 Å². The number of hydrogen-bond acceptors (Lipinski definition) is 6. The molecule has 8 nitrogen and oxygen atoms in total. The molecule has 0 aliphatic carbocycles. The van der Waals surface area contributed by atoms with Crippen LogP contribution in [0.15, 0.2) is 89.5 Å². The minimum Gasteiger partial charge on any atom is -0.493 e. The van der Waals surface area contributed by atoms with Gasteiger partial charge in [-0.2, -0.15) is 5.10 Å². The van der Waals surface area contributed by atoms with Gasteiger partial charge in [0.25, 0.3) is 5.91 Å². The van der Waals surface area contributed by atoms with Crippen molar-refractivity contribution in [2.75, 3.05) is 19.5 Å². The topological polar surface area (TPSA) is 102 Å². The van der Waals surface area contributed by atoms with Gasteiger partial charge < -0.3 is 19.2 Å². The van der Waals surface area contributed by atoms with Crippen molar-refractivity contribution in [1.29, 1.82) is 0 Å². The molecule has 4 aromatic carbocycles. The summed E-state index contributed by atoms with van der Waals surface area (Å²) in [7, 11) is 3.08. The summed E-state index contributed by atoms with van der Waals surface area (Å²) in [4.78, 5) is 17.5. The Hall–Kier alpha value is -5.11. The second kappa shape index (κ2) is 9.16. The Morgan fingerprint density at radius 2 is 1.65 bits per heavy atom. The average Bonchev–Trinajstić information content (AvgIpc) is 3.58. The van der Waals surface area contributed by atoms with Crippen LogP contribution in [0.1, 0.15) is 10.4 Å². The normalized spacial score (nSPS) is 11.1. The predicted molar refractivity (Wildman–Crippen MR) is 142 cm³/mol. The SMILES string of the molecule is COc1ccc(C(=O)Nc2ccc(-c3[nH]ncc3-c3nc4cc5ccccc5cc4o3)cc2)cc1OC. The first-order valence-electron chi connectivity index (χ1n) is 11.6. The molecule has 0 saturated carbocycles. The lowest BCUT2D eigenvalue weighted by Crippen LogP contribution is -2.12. The number of benzene rings is 4. The molecule has 2 heterocycles. The largest absolute Gasteiger partial charge is 0.493 e. The van der Waals surface area contributed by atoms with Gasteiger partial charge in [0.1, 0.15) is 5.52 Å².